The Kier molecular flexibility index (Phi) is 2.52. The average Bonchev–Trinajstić information content (AvgIpc) is 1.97. The summed E-state index contributed by atoms with van der Waals surface area (Å²) in [6, 6.07) is 3.78. The van der Waals surface area contributed by atoms with Gasteiger partial charge in [0.15, 0.2) is 9.84 Å². The van der Waals surface area contributed by atoms with E-state index >= 15 is 0 Å². The third kappa shape index (κ3) is 1.77. The predicted octanol–water partition coefficient (Wildman–Crippen LogP) is 0.880. The van der Waals surface area contributed by atoms with E-state index in [1.54, 1.807) is 6.92 Å². The lowest BCUT2D eigenvalue weighted by Crippen LogP contribution is -2.51. The molecule has 0 unspecified atom stereocenters. The first-order valence-electron chi connectivity index (χ1n) is 4.72. The minimum Gasteiger partial charge on any atom is -0.314 e. The molecule has 3 nitrogen and oxygen atoms in total. The lowest BCUT2D eigenvalue weighted by molar-refractivity contribution is 0.495. The molecule has 0 amide bonds. The van der Waals surface area contributed by atoms with Crippen LogP contribution in [0.3, 0.4) is 0 Å². The van der Waals surface area contributed by atoms with Crippen molar-refractivity contribution in [1.82, 2.24) is 5.32 Å². The van der Waals surface area contributed by atoms with Crippen molar-refractivity contribution in [2.45, 2.75) is 17.1 Å². The number of nitrogens with one attached hydrogen (secondary N) is 1. The maximum Gasteiger partial charge on any atom is 0.183 e. The van der Waals surface area contributed by atoms with E-state index in [-0.39, 0.29) is 10.1 Å². The first-order valence-corrected chi connectivity index (χ1v) is 6.27. The smallest absolute Gasteiger partial charge is 0.183 e. The molecule has 0 aromatic heterocycles. The molecule has 0 spiro atoms. The molecule has 0 bridgehead atoms. The molecular weight excluding hydrogens is 217 g/mol. The average molecular weight is 229 g/mol. The van der Waals surface area contributed by atoms with Crippen LogP contribution < -0.4 is 5.32 Å². The Morgan fingerprint density at radius 3 is 2.53 bits per heavy atom. The Morgan fingerprint density at radius 1 is 1.40 bits per heavy atom. The molecule has 0 aliphatic carbocycles. The molecule has 1 aromatic carbocycles. The molecule has 0 atom stereocenters. The minimum absolute atomic E-state index is 0.246. The zero-order valence-corrected chi connectivity index (χ0v) is 9.14. The molecule has 1 saturated heterocycles. The lowest BCUT2D eigenvalue weighted by atomic mass is 10.2. The Morgan fingerprint density at radius 2 is 2.07 bits per heavy atom. The molecule has 1 aromatic rings. The van der Waals surface area contributed by atoms with Gasteiger partial charge in [0.2, 0.25) is 0 Å². The highest BCUT2D eigenvalue weighted by Crippen LogP contribution is 2.22. The van der Waals surface area contributed by atoms with E-state index in [2.05, 4.69) is 5.32 Å². The molecule has 5 heteroatoms. The van der Waals surface area contributed by atoms with Crippen molar-refractivity contribution in [3.63, 3.8) is 0 Å². The van der Waals surface area contributed by atoms with Crippen LogP contribution in [0.1, 0.15) is 5.56 Å². The number of hydrogen-bond acceptors (Lipinski definition) is 3. The van der Waals surface area contributed by atoms with Gasteiger partial charge < -0.3 is 5.32 Å². The summed E-state index contributed by atoms with van der Waals surface area (Å²) < 4.78 is 36.8. The molecule has 1 fully saturated rings. The fourth-order valence-corrected chi connectivity index (χ4v) is 3.39. The van der Waals surface area contributed by atoms with Crippen molar-refractivity contribution in [3.05, 3.63) is 29.6 Å². The maximum absolute atomic E-state index is 12.8. The topological polar surface area (TPSA) is 46.2 Å². The van der Waals surface area contributed by atoms with E-state index in [1.165, 1.54) is 18.2 Å². The number of hydrogen-bond donors (Lipinski definition) is 1. The number of rotatable bonds is 2. The number of halogens is 1. The van der Waals surface area contributed by atoms with E-state index in [4.69, 9.17) is 0 Å². The Labute approximate surface area is 88.2 Å². The third-order valence-corrected chi connectivity index (χ3v) is 4.91. The van der Waals surface area contributed by atoms with Crippen LogP contribution in [-0.2, 0) is 9.84 Å². The molecule has 1 aliphatic rings. The molecule has 1 aliphatic heterocycles. The molecular formula is C10H12FNO2S. The van der Waals surface area contributed by atoms with Crippen LogP contribution >= 0.6 is 0 Å². The summed E-state index contributed by atoms with van der Waals surface area (Å²) in [6.45, 7) is 2.58. The molecule has 1 heterocycles. The van der Waals surface area contributed by atoms with Crippen molar-refractivity contribution in [1.29, 1.82) is 0 Å². The van der Waals surface area contributed by atoms with Crippen LogP contribution in [0.15, 0.2) is 23.1 Å². The first kappa shape index (κ1) is 10.6. The van der Waals surface area contributed by atoms with Crippen LogP contribution in [0.5, 0.6) is 0 Å². The van der Waals surface area contributed by atoms with Crippen LogP contribution in [0, 0.1) is 12.7 Å². The highest BCUT2D eigenvalue weighted by atomic mass is 32.2. The monoisotopic (exact) mass is 229 g/mol. The lowest BCUT2D eigenvalue weighted by Gasteiger charge is -2.27. The highest BCUT2D eigenvalue weighted by Gasteiger charge is 2.33. The van der Waals surface area contributed by atoms with Crippen LogP contribution in [0.2, 0.25) is 0 Å². The Hall–Kier alpha value is -0.940. The van der Waals surface area contributed by atoms with E-state index in [9.17, 15) is 12.8 Å². The fourth-order valence-electron chi connectivity index (χ4n) is 1.59. The normalized spacial score (nSPS) is 17.5. The van der Waals surface area contributed by atoms with Crippen molar-refractivity contribution in [3.8, 4) is 0 Å². The number of sulfone groups is 1. The second-order valence-corrected chi connectivity index (χ2v) is 5.93. The molecule has 15 heavy (non-hydrogen) atoms. The Bertz CT molecular complexity index is 480. The summed E-state index contributed by atoms with van der Waals surface area (Å²) >= 11 is 0. The summed E-state index contributed by atoms with van der Waals surface area (Å²) in [7, 11) is -3.28. The first-order chi connectivity index (χ1) is 7.01. The molecule has 2 rings (SSSR count). The highest BCUT2D eigenvalue weighted by molar-refractivity contribution is 7.92. The standard InChI is InChI=1S/C10H12FNO2S/c1-7-4-8(11)2-3-10(7)15(13,14)9-5-12-6-9/h2-4,9,12H,5-6H2,1H3. The van der Waals surface area contributed by atoms with E-state index in [0.29, 0.717) is 18.7 Å². The summed E-state index contributed by atoms with van der Waals surface area (Å²) in [6.07, 6.45) is 0. The molecule has 82 valence electrons. The van der Waals surface area contributed by atoms with Gasteiger partial charge in [-0.05, 0) is 30.7 Å². The molecule has 0 radical (unpaired) electrons. The van der Waals surface area contributed by atoms with Crippen LogP contribution in [0.4, 0.5) is 4.39 Å². The van der Waals surface area contributed by atoms with Crippen molar-refractivity contribution >= 4 is 9.84 Å². The SMILES string of the molecule is Cc1cc(F)ccc1S(=O)(=O)C1CNC1. The van der Waals surface area contributed by atoms with Crippen molar-refractivity contribution in [2.24, 2.45) is 0 Å². The third-order valence-electron chi connectivity index (χ3n) is 2.63. The van der Waals surface area contributed by atoms with Gasteiger partial charge in [-0.2, -0.15) is 0 Å². The van der Waals surface area contributed by atoms with E-state index < -0.39 is 15.7 Å². The van der Waals surface area contributed by atoms with Gasteiger partial charge in [0, 0.05) is 13.1 Å². The van der Waals surface area contributed by atoms with Crippen molar-refractivity contribution < 1.29 is 12.8 Å². The minimum atomic E-state index is -3.28. The van der Waals surface area contributed by atoms with Gasteiger partial charge in [-0.3, -0.25) is 0 Å². The predicted molar refractivity (Wildman–Crippen MR) is 55.0 cm³/mol. The van der Waals surface area contributed by atoms with Gasteiger partial charge >= 0.3 is 0 Å². The van der Waals surface area contributed by atoms with Gasteiger partial charge in [0.25, 0.3) is 0 Å². The summed E-state index contributed by atoms with van der Waals surface area (Å²) in [5.41, 5.74) is 0.474. The fraction of sp³-hybridized carbons (Fsp3) is 0.400. The van der Waals surface area contributed by atoms with Gasteiger partial charge in [-0.25, -0.2) is 12.8 Å². The van der Waals surface area contributed by atoms with Crippen LogP contribution in [-0.4, -0.2) is 26.8 Å². The summed E-state index contributed by atoms with van der Waals surface area (Å²) in [5, 5.41) is 2.56. The van der Waals surface area contributed by atoms with Gasteiger partial charge in [0.05, 0.1) is 10.1 Å². The largest absolute Gasteiger partial charge is 0.314 e. The molecule has 0 saturated carbocycles. The van der Waals surface area contributed by atoms with Gasteiger partial charge in [0.1, 0.15) is 5.82 Å². The number of aryl methyl sites for hydroxylation is 1. The summed E-state index contributed by atoms with van der Waals surface area (Å²) in [5.74, 6) is -0.404. The zero-order chi connectivity index (χ0) is 11.1. The second kappa shape index (κ2) is 3.57. The molecule has 1 N–H and O–H groups in total. The second-order valence-electron chi connectivity index (χ2n) is 3.74. The zero-order valence-electron chi connectivity index (χ0n) is 8.33. The van der Waals surface area contributed by atoms with Gasteiger partial charge in [-0.1, -0.05) is 0 Å². The quantitative estimate of drug-likeness (QED) is 0.766. The van der Waals surface area contributed by atoms with Crippen molar-refractivity contribution in [2.75, 3.05) is 13.1 Å². The maximum atomic E-state index is 12.8. The van der Waals surface area contributed by atoms with Crippen LogP contribution in [0.25, 0.3) is 0 Å². The number of benzene rings is 1. The van der Waals surface area contributed by atoms with Gasteiger partial charge in [-0.15, -0.1) is 0 Å². The van der Waals surface area contributed by atoms with E-state index in [0.717, 1.165) is 0 Å². The summed E-state index contributed by atoms with van der Waals surface area (Å²) in [4.78, 5) is 0.246. The van der Waals surface area contributed by atoms with E-state index in [1.807, 2.05) is 0 Å². The Balaban J connectivity index is 2.44.